The lowest BCUT2D eigenvalue weighted by atomic mass is 10.1. The number of nitrogens with one attached hydrogen (secondary N) is 1. The minimum absolute atomic E-state index is 0.00154. The molecule has 0 bridgehead atoms. The maximum atomic E-state index is 12.9. The molecule has 1 N–H and O–H groups in total. The monoisotopic (exact) mass is 432 g/mol. The zero-order valence-electron chi connectivity index (χ0n) is 19.1. The topological polar surface area (TPSA) is 74.4 Å². The summed E-state index contributed by atoms with van der Waals surface area (Å²) in [6, 6.07) is 5.24. The fourth-order valence-corrected chi connectivity index (χ4v) is 4.39. The van der Waals surface area contributed by atoms with Gasteiger partial charge in [0.05, 0.1) is 26.7 Å². The van der Waals surface area contributed by atoms with E-state index in [0.717, 1.165) is 25.2 Å². The lowest BCUT2D eigenvalue weighted by Gasteiger charge is -2.36. The van der Waals surface area contributed by atoms with E-state index in [1.807, 2.05) is 25.2 Å². The Morgan fingerprint density at radius 2 is 1.94 bits per heavy atom. The molecule has 1 aromatic rings. The van der Waals surface area contributed by atoms with Crippen LogP contribution in [0.5, 0.6) is 11.5 Å². The number of likely N-dealkylation sites (tertiary alicyclic amines) is 1. The Morgan fingerprint density at radius 1 is 1.16 bits per heavy atom. The lowest BCUT2D eigenvalue weighted by Crippen LogP contribution is -2.56. The van der Waals surface area contributed by atoms with Gasteiger partial charge in [-0.3, -0.25) is 14.5 Å². The first-order valence-electron chi connectivity index (χ1n) is 11.2. The summed E-state index contributed by atoms with van der Waals surface area (Å²) in [7, 11) is 5.06. The number of rotatable bonds is 9. The van der Waals surface area contributed by atoms with E-state index in [-0.39, 0.29) is 18.2 Å². The van der Waals surface area contributed by atoms with E-state index in [1.165, 1.54) is 19.3 Å². The van der Waals surface area contributed by atoms with Crippen LogP contribution in [-0.4, -0.2) is 93.1 Å². The number of hydrogen-bond acceptors (Lipinski definition) is 6. The molecule has 3 rings (SSSR count). The van der Waals surface area contributed by atoms with Crippen molar-refractivity contribution in [3.8, 4) is 11.5 Å². The summed E-state index contributed by atoms with van der Waals surface area (Å²) in [5.41, 5.74) is 0.937. The molecule has 0 aliphatic carbocycles. The second-order valence-electron chi connectivity index (χ2n) is 8.35. The van der Waals surface area contributed by atoms with E-state index in [2.05, 4.69) is 15.1 Å². The molecular formula is C23H36N4O4. The predicted molar refractivity (Wildman–Crippen MR) is 119 cm³/mol. The van der Waals surface area contributed by atoms with Crippen molar-refractivity contribution in [3.63, 3.8) is 0 Å². The molecule has 0 aromatic heterocycles. The number of likely N-dealkylation sites (N-methyl/N-ethyl adjacent to an activating group) is 1. The number of piperazine rings is 1. The van der Waals surface area contributed by atoms with Gasteiger partial charge in [-0.05, 0) is 32.0 Å². The van der Waals surface area contributed by atoms with Crippen molar-refractivity contribution >= 4 is 11.8 Å². The smallest absolute Gasteiger partial charge is 0.237 e. The van der Waals surface area contributed by atoms with Crippen molar-refractivity contribution in [2.24, 2.45) is 0 Å². The van der Waals surface area contributed by atoms with Crippen LogP contribution < -0.4 is 14.8 Å². The van der Waals surface area contributed by atoms with Crippen LogP contribution in [0.25, 0.3) is 0 Å². The lowest BCUT2D eigenvalue weighted by molar-refractivity contribution is -0.138. The van der Waals surface area contributed by atoms with Gasteiger partial charge in [0.1, 0.15) is 0 Å². The zero-order chi connectivity index (χ0) is 22.2. The van der Waals surface area contributed by atoms with E-state index >= 15 is 0 Å². The first kappa shape index (κ1) is 23.3. The van der Waals surface area contributed by atoms with Gasteiger partial charge in [0.15, 0.2) is 11.5 Å². The van der Waals surface area contributed by atoms with Crippen molar-refractivity contribution in [2.45, 2.75) is 38.3 Å². The van der Waals surface area contributed by atoms with Crippen LogP contribution in [-0.2, 0) is 16.1 Å². The van der Waals surface area contributed by atoms with E-state index in [4.69, 9.17) is 9.47 Å². The van der Waals surface area contributed by atoms with Crippen molar-refractivity contribution in [2.75, 3.05) is 60.5 Å². The molecule has 1 aromatic carbocycles. The molecule has 2 heterocycles. The third-order valence-corrected chi connectivity index (χ3v) is 6.29. The molecule has 2 amide bonds. The van der Waals surface area contributed by atoms with Crippen LogP contribution in [0.1, 0.15) is 31.2 Å². The Bertz CT molecular complexity index is 751. The molecule has 2 fully saturated rings. The van der Waals surface area contributed by atoms with Crippen LogP contribution in [0.4, 0.5) is 0 Å². The molecule has 0 spiro atoms. The number of ether oxygens (including phenoxy) is 2. The molecule has 2 aliphatic rings. The summed E-state index contributed by atoms with van der Waals surface area (Å²) in [4.78, 5) is 31.8. The number of carbonyl (C=O) groups is 2. The molecule has 8 nitrogen and oxygen atoms in total. The molecule has 0 unspecified atom stereocenters. The summed E-state index contributed by atoms with van der Waals surface area (Å²) >= 11 is 0. The van der Waals surface area contributed by atoms with Gasteiger partial charge in [-0.25, -0.2) is 0 Å². The van der Waals surface area contributed by atoms with Gasteiger partial charge in [0.25, 0.3) is 0 Å². The number of nitrogens with zero attached hydrogens (tertiary/aromatic N) is 3. The molecular weight excluding hydrogens is 396 g/mol. The van der Waals surface area contributed by atoms with Gasteiger partial charge in [-0.15, -0.1) is 0 Å². The van der Waals surface area contributed by atoms with Crippen LogP contribution >= 0.6 is 0 Å². The largest absolute Gasteiger partial charge is 0.493 e. The highest BCUT2D eigenvalue weighted by Gasteiger charge is 2.33. The van der Waals surface area contributed by atoms with Crippen molar-refractivity contribution < 1.29 is 19.1 Å². The summed E-state index contributed by atoms with van der Waals surface area (Å²) in [6.45, 7) is 5.58. The Labute approximate surface area is 185 Å². The molecule has 0 radical (unpaired) electrons. The minimum atomic E-state index is -0.491. The number of amides is 2. The van der Waals surface area contributed by atoms with Gasteiger partial charge < -0.3 is 24.6 Å². The molecule has 2 saturated heterocycles. The van der Waals surface area contributed by atoms with Gasteiger partial charge in [0.2, 0.25) is 11.8 Å². The highest BCUT2D eigenvalue weighted by Crippen LogP contribution is 2.32. The van der Waals surface area contributed by atoms with Crippen LogP contribution in [0.3, 0.4) is 0 Å². The van der Waals surface area contributed by atoms with Gasteiger partial charge >= 0.3 is 0 Å². The van der Waals surface area contributed by atoms with Crippen molar-refractivity contribution in [1.82, 2.24) is 20.0 Å². The Balaban J connectivity index is 1.62. The number of piperidine rings is 1. The number of benzene rings is 1. The van der Waals surface area contributed by atoms with E-state index in [1.54, 1.807) is 19.1 Å². The number of methoxy groups -OCH3 is 2. The summed E-state index contributed by atoms with van der Waals surface area (Å²) < 4.78 is 10.9. The SMILES string of the molecule is COc1cccc(CN2CCNC(=O)[C@H]2CC(=O)N(C)CCN2CCCCC2)c1OC. The first-order valence-corrected chi connectivity index (χ1v) is 11.2. The predicted octanol–water partition coefficient (Wildman–Crippen LogP) is 1.34. The standard InChI is InChI=1S/C23H36N4O4/c1-25(14-15-26-11-5-4-6-12-26)21(28)16-19-23(29)24-10-13-27(19)17-18-8-7-9-20(30-2)22(18)31-3/h7-9,19H,4-6,10-17H2,1-3H3,(H,24,29)/t19-/m1/s1. The maximum Gasteiger partial charge on any atom is 0.237 e. The highest BCUT2D eigenvalue weighted by atomic mass is 16.5. The van der Waals surface area contributed by atoms with E-state index in [0.29, 0.717) is 37.7 Å². The molecule has 2 aliphatic heterocycles. The summed E-state index contributed by atoms with van der Waals surface area (Å²) in [6.07, 6.45) is 3.95. The van der Waals surface area contributed by atoms with E-state index < -0.39 is 6.04 Å². The number of para-hydroxylation sites is 1. The molecule has 31 heavy (non-hydrogen) atoms. The van der Waals surface area contributed by atoms with Crippen LogP contribution in [0, 0.1) is 0 Å². The van der Waals surface area contributed by atoms with Gasteiger partial charge in [0, 0.05) is 45.3 Å². The van der Waals surface area contributed by atoms with Crippen molar-refractivity contribution in [1.29, 1.82) is 0 Å². The summed E-state index contributed by atoms with van der Waals surface area (Å²) in [5.74, 6) is 1.24. The highest BCUT2D eigenvalue weighted by molar-refractivity contribution is 5.88. The fourth-order valence-electron chi connectivity index (χ4n) is 4.39. The second kappa shape index (κ2) is 11.3. The zero-order valence-corrected chi connectivity index (χ0v) is 19.1. The molecule has 8 heteroatoms. The molecule has 1 atom stereocenters. The normalized spacial score (nSPS) is 20.2. The van der Waals surface area contributed by atoms with E-state index in [9.17, 15) is 9.59 Å². The Morgan fingerprint density at radius 3 is 2.65 bits per heavy atom. The first-order chi connectivity index (χ1) is 15.0. The number of carbonyl (C=O) groups excluding carboxylic acids is 2. The third-order valence-electron chi connectivity index (χ3n) is 6.29. The van der Waals surface area contributed by atoms with Crippen LogP contribution in [0.15, 0.2) is 18.2 Å². The number of hydrogen-bond donors (Lipinski definition) is 1. The second-order valence-corrected chi connectivity index (χ2v) is 8.35. The minimum Gasteiger partial charge on any atom is -0.493 e. The Hall–Kier alpha value is -2.32. The Kier molecular flexibility index (Phi) is 8.54. The van der Waals surface area contributed by atoms with Crippen LogP contribution in [0.2, 0.25) is 0 Å². The van der Waals surface area contributed by atoms with Gasteiger partial charge in [-0.2, -0.15) is 0 Å². The fraction of sp³-hybridized carbons (Fsp3) is 0.652. The maximum absolute atomic E-state index is 12.9. The van der Waals surface area contributed by atoms with Gasteiger partial charge in [-0.1, -0.05) is 18.6 Å². The molecule has 0 saturated carbocycles. The van der Waals surface area contributed by atoms with Crippen molar-refractivity contribution in [3.05, 3.63) is 23.8 Å². The average molecular weight is 433 g/mol. The quantitative estimate of drug-likeness (QED) is 0.635. The average Bonchev–Trinajstić information content (AvgIpc) is 2.80. The summed E-state index contributed by atoms with van der Waals surface area (Å²) in [5, 5.41) is 2.91. The molecule has 172 valence electrons. The third kappa shape index (κ3) is 6.11.